The smallest absolute Gasteiger partial charge is 0.306 e. The van der Waals surface area contributed by atoms with Gasteiger partial charge in [-0.3, -0.25) is 9.69 Å². The van der Waals surface area contributed by atoms with E-state index in [9.17, 15) is 9.90 Å². The van der Waals surface area contributed by atoms with E-state index in [1.165, 1.54) is 22.3 Å². The molecular formula is C35H44N2O4. The van der Waals surface area contributed by atoms with Crippen LogP contribution in [0, 0.1) is 11.8 Å². The minimum atomic E-state index is -0.727. The minimum Gasteiger partial charge on any atom is -0.485 e. The van der Waals surface area contributed by atoms with Gasteiger partial charge in [0.05, 0.1) is 13.0 Å². The van der Waals surface area contributed by atoms with Crippen LogP contribution in [-0.4, -0.2) is 40.2 Å². The zero-order chi connectivity index (χ0) is 29.3. The van der Waals surface area contributed by atoms with Crippen molar-refractivity contribution in [3.05, 3.63) is 77.0 Å². The summed E-state index contributed by atoms with van der Waals surface area (Å²) in [6.07, 6.45) is 5.79. The molecular weight excluding hydrogens is 512 g/mol. The number of rotatable bonds is 11. The molecule has 0 saturated heterocycles. The average Bonchev–Trinajstić information content (AvgIpc) is 3.80. The molecule has 41 heavy (non-hydrogen) atoms. The number of methoxy groups -OCH3 is 1. The standard InChI is InChI=1S/C35H44N2O4/c1-21(2)37(22(3)4)20-29-17-27(11-13-30(29)26-15-16-36-33(19-26)40-6)31-14-12-24-7-10-28(18-32(24)41-31)34(25-8-9-25)23(5)35(38)39/h7,10-11,13,15-19,21-23,25,31,34H,8-9,12,14,20H2,1-6H3,(H,38,39)/t23-,31+,34+/m1/s1. The van der Waals surface area contributed by atoms with E-state index >= 15 is 0 Å². The molecule has 218 valence electrons. The van der Waals surface area contributed by atoms with Crippen LogP contribution in [0.3, 0.4) is 0 Å². The molecule has 1 aliphatic heterocycles. The van der Waals surface area contributed by atoms with Gasteiger partial charge >= 0.3 is 5.97 Å². The van der Waals surface area contributed by atoms with Crippen LogP contribution in [-0.2, 0) is 17.8 Å². The van der Waals surface area contributed by atoms with Crippen LogP contribution < -0.4 is 9.47 Å². The van der Waals surface area contributed by atoms with Gasteiger partial charge in [-0.15, -0.1) is 0 Å². The lowest BCUT2D eigenvalue weighted by Crippen LogP contribution is -2.36. The molecule has 3 atom stereocenters. The number of hydrogen-bond acceptors (Lipinski definition) is 5. The van der Waals surface area contributed by atoms with Gasteiger partial charge in [0.2, 0.25) is 5.88 Å². The van der Waals surface area contributed by atoms with E-state index in [1.807, 2.05) is 19.1 Å². The Morgan fingerprint density at radius 1 is 1.02 bits per heavy atom. The van der Waals surface area contributed by atoms with Gasteiger partial charge in [0, 0.05) is 30.9 Å². The van der Waals surface area contributed by atoms with Gasteiger partial charge in [0.25, 0.3) is 0 Å². The van der Waals surface area contributed by atoms with E-state index in [0.29, 0.717) is 23.9 Å². The zero-order valence-corrected chi connectivity index (χ0v) is 25.3. The van der Waals surface area contributed by atoms with Gasteiger partial charge in [-0.05, 0) is 111 Å². The second kappa shape index (κ2) is 12.2. The summed E-state index contributed by atoms with van der Waals surface area (Å²) in [6, 6.07) is 18.0. The molecule has 1 N–H and O–H groups in total. The number of aliphatic carboxylic acids is 1. The van der Waals surface area contributed by atoms with Crippen LogP contribution in [0.25, 0.3) is 11.1 Å². The van der Waals surface area contributed by atoms with Crippen LogP contribution in [0.5, 0.6) is 11.6 Å². The molecule has 2 heterocycles. The first-order chi connectivity index (χ1) is 19.7. The molecule has 0 unspecified atom stereocenters. The largest absolute Gasteiger partial charge is 0.485 e. The molecule has 1 aliphatic carbocycles. The molecule has 1 saturated carbocycles. The molecule has 2 aromatic carbocycles. The fraction of sp³-hybridized carbons (Fsp3) is 0.486. The third-order valence-electron chi connectivity index (χ3n) is 8.91. The Morgan fingerprint density at radius 3 is 2.44 bits per heavy atom. The van der Waals surface area contributed by atoms with Crippen molar-refractivity contribution in [3.63, 3.8) is 0 Å². The number of aromatic nitrogens is 1. The van der Waals surface area contributed by atoms with Gasteiger partial charge in [-0.25, -0.2) is 4.98 Å². The number of hydrogen-bond donors (Lipinski definition) is 1. The maximum atomic E-state index is 11.9. The van der Waals surface area contributed by atoms with Gasteiger partial charge in [-0.2, -0.15) is 0 Å². The van der Waals surface area contributed by atoms with Crippen molar-refractivity contribution in [2.24, 2.45) is 11.8 Å². The maximum absolute atomic E-state index is 11.9. The Morgan fingerprint density at radius 2 is 1.78 bits per heavy atom. The minimum absolute atomic E-state index is 0.0306. The summed E-state index contributed by atoms with van der Waals surface area (Å²) in [7, 11) is 1.65. The van der Waals surface area contributed by atoms with Crippen LogP contribution in [0.15, 0.2) is 54.7 Å². The fourth-order valence-corrected chi connectivity index (χ4v) is 6.48. The molecule has 6 nitrogen and oxygen atoms in total. The summed E-state index contributed by atoms with van der Waals surface area (Å²) >= 11 is 0. The van der Waals surface area contributed by atoms with Crippen LogP contribution in [0.1, 0.15) is 88.2 Å². The SMILES string of the molecule is COc1cc(-c2ccc([C@@H]3CCc4ccc([C@H](C5CC5)[C@@H](C)C(=O)O)cc4O3)cc2CN(C(C)C)C(C)C)ccn1. The molecule has 6 heteroatoms. The molecule has 0 spiro atoms. The highest BCUT2D eigenvalue weighted by molar-refractivity contribution is 5.71. The molecule has 5 rings (SSSR count). The third-order valence-corrected chi connectivity index (χ3v) is 8.91. The topological polar surface area (TPSA) is 71.9 Å². The van der Waals surface area contributed by atoms with Gasteiger partial charge in [0.1, 0.15) is 11.9 Å². The zero-order valence-electron chi connectivity index (χ0n) is 25.3. The number of carbonyl (C=O) groups is 1. The summed E-state index contributed by atoms with van der Waals surface area (Å²) in [6.45, 7) is 11.7. The second-order valence-corrected chi connectivity index (χ2v) is 12.4. The van der Waals surface area contributed by atoms with Crippen molar-refractivity contribution >= 4 is 5.97 Å². The van der Waals surface area contributed by atoms with E-state index in [-0.39, 0.29) is 12.0 Å². The van der Waals surface area contributed by atoms with Gasteiger partial charge in [0.15, 0.2) is 0 Å². The highest BCUT2D eigenvalue weighted by Crippen LogP contribution is 2.48. The molecule has 1 fully saturated rings. The van der Waals surface area contributed by atoms with E-state index in [2.05, 4.69) is 74.0 Å². The molecule has 0 amide bonds. The van der Waals surface area contributed by atoms with Crippen molar-refractivity contribution in [2.75, 3.05) is 7.11 Å². The fourth-order valence-electron chi connectivity index (χ4n) is 6.48. The first-order valence-corrected chi connectivity index (χ1v) is 15.1. The predicted octanol–water partition coefficient (Wildman–Crippen LogP) is 7.66. The van der Waals surface area contributed by atoms with E-state index in [1.54, 1.807) is 13.3 Å². The van der Waals surface area contributed by atoms with E-state index < -0.39 is 11.9 Å². The Balaban J connectivity index is 1.47. The highest BCUT2D eigenvalue weighted by atomic mass is 16.5. The first-order valence-electron chi connectivity index (χ1n) is 15.1. The Kier molecular flexibility index (Phi) is 8.69. The number of aryl methyl sites for hydroxylation is 1. The maximum Gasteiger partial charge on any atom is 0.306 e. The Bertz CT molecular complexity index is 1370. The average molecular weight is 557 g/mol. The second-order valence-electron chi connectivity index (χ2n) is 12.4. The molecule has 0 radical (unpaired) electrons. The normalized spacial score (nSPS) is 18.2. The van der Waals surface area contributed by atoms with E-state index in [0.717, 1.165) is 49.1 Å². The lowest BCUT2D eigenvalue weighted by molar-refractivity contribution is -0.142. The predicted molar refractivity (Wildman–Crippen MR) is 162 cm³/mol. The molecule has 1 aromatic heterocycles. The van der Waals surface area contributed by atoms with Crippen molar-refractivity contribution in [1.82, 2.24) is 9.88 Å². The molecule has 0 bridgehead atoms. The molecule has 3 aromatic rings. The lowest BCUT2D eigenvalue weighted by Gasteiger charge is -2.32. The number of fused-ring (bicyclic) bond motifs is 1. The van der Waals surface area contributed by atoms with Gasteiger partial charge in [-0.1, -0.05) is 37.3 Å². The quantitative estimate of drug-likeness (QED) is 0.261. The summed E-state index contributed by atoms with van der Waals surface area (Å²) in [5.41, 5.74) is 6.98. The molecule has 2 aliphatic rings. The van der Waals surface area contributed by atoms with Crippen LogP contribution in [0.2, 0.25) is 0 Å². The number of carboxylic acids is 1. The van der Waals surface area contributed by atoms with Crippen molar-refractivity contribution < 1.29 is 19.4 Å². The number of carboxylic acid groups (broad SMARTS) is 1. The Hall–Kier alpha value is -3.38. The summed E-state index contributed by atoms with van der Waals surface area (Å²) in [4.78, 5) is 18.7. The number of pyridine rings is 1. The monoisotopic (exact) mass is 556 g/mol. The van der Waals surface area contributed by atoms with Crippen molar-refractivity contribution in [1.29, 1.82) is 0 Å². The van der Waals surface area contributed by atoms with Crippen molar-refractivity contribution in [2.45, 2.75) is 91.0 Å². The highest BCUT2D eigenvalue weighted by Gasteiger charge is 2.39. The number of benzene rings is 2. The summed E-state index contributed by atoms with van der Waals surface area (Å²) in [5, 5.41) is 9.77. The van der Waals surface area contributed by atoms with Crippen LogP contribution >= 0.6 is 0 Å². The third kappa shape index (κ3) is 6.43. The summed E-state index contributed by atoms with van der Waals surface area (Å²) in [5.74, 6) is 0.846. The van der Waals surface area contributed by atoms with Gasteiger partial charge < -0.3 is 14.6 Å². The number of nitrogens with zero attached hydrogens (tertiary/aromatic N) is 2. The van der Waals surface area contributed by atoms with Crippen LogP contribution in [0.4, 0.5) is 0 Å². The Labute approximate surface area is 244 Å². The number of ether oxygens (including phenoxy) is 2. The lowest BCUT2D eigenvalue weighted by atomic mass is 9.82. The summed E-state index contributed by atoms with van der Waals surface area (Å²) < 4.78 is 12.1. The van der Waals surface area contributed by atoms with Crippen molar-refractivity contribution in [3.8, 4) is 22.8 Å². The first kappa shape index (κ1) is 29.1. The van der Waals surface area contributed by atoms with E-state index in [4.69, 9.17) is 9.47 Å².